The van der Waals surface area contributed by atoms with Crippen molar-refractivity contribution >= 4 is 0 Å². The van der Waals surface area contributed by atoms with Crippen molar-refractivity contribution in [1.29, 1.82) is 0 Å². The van der Waals surface area contributed by atoms with Crippen LogP contribution in [0, 0.1) is 6.92 Å². The topological polar surface area (TPSA) is 12.9 Å². The molecular weight excluding hydrogens is 302 g/mol. The van der Waals surface area contributed by atoms with E-state index in [2.05, 4.69) is 90.8 Å². The molecule has 4 aromatic rings. The molecule has 1 heterocycles. The molecule has 25 heavy (non-hydrogen) atoms. The lowest BCUT2D eigenvalue weighted by atomic mass is 9.94. The number of pyridine rings is 1. The van der Waals surface area contributed by atoms with Gasteiger partial charge in [0.15, 0.2) is 0 Å². The quantitative estimate of drug-likeness (QED) is 0.426. The predicted molar refractivity (Wildman–Crippen MR) is 105 cm³/mol. The Balaban J connectivity index is 1.78. The second-order valence-electron chi connectivity index (χ2n) is 6.16. The van der Waals surface area contributed by atoms with E-state index in [1.807, 2.05) is 18.3 Å². The van der Waals surface area contributed by atoms with Crippen LogP contribution in [0.2, 0.25) is 0 Å². The first kappa shape index (κ1) is 15.3. The molecule has 0 unspecified atom stereocenters. The monoisotopic (exact) mass is 321 g/mol. The number of aromatic nitrogens is 1. The number of hydrogen-bond donors (Lipinski definition) is 0. The maximum absolute atomic E-state index is 4.60. The van der Waals surface area contributed by atoms with Crippen molar-refractivity contribution in [1.82, 2.24) is 4.98 Å². The molecule has 3 aromatic carbocycles. The zero-order chi connectivity index (χ0) is 17.1. The van der Waals surface area contributed by atoms with Crippen molar-refractivity contribution < 1.29 is 0 Å². The molecule has 0 bridgehead atoms. The average molecular weight is 321 g/mol. The van der Waals surface area contributed by atoms with Crippen molar-refractivity contribution in [2.24, 2.45) is 0 Å². The molecule has 4 rings (SSSR count). The summed E-state index contributed by atoms with van der Waals surface area (Å²) in [6.45, 7) is 2.11. The minimum absolute atomic E-state index is 1.05. The van der Waals surface area contributed by atoms with E-state index in [1.165, 1.54) is 33.4 Å². The molecule has 0 aliphatic carbocycles. The fraction of sp³-hybridized carbons (Fsp3) is 0.0417. The molecule has 1 nitrogen and oxygen atoms in total. The summed E-state index contributed by atoms with van der Waals surface area (Å²) in [7, 11) is 0. The lowest BCUT2D eigenvalue weighted by Gasteiger charge is -2.12. The third-order valence-electron chi connectivity index (χ3n) is 4.49. The molecule has 0 saturated heterocycles. The molecular formula is C24H19N. The first-order valence-corrected chi connectivity index (χ1v) is 8.50. The van der Waals surface area contributed by atoms with E-state index >= 15 is 0 Å². The Bertz CT molecular complexity index is 986. The molecule has 0 spiro atoms. The molecule has 0 atom stereocenters. The van der Waals surface area contributed by atoms with E-state index in [4.69, 9.17) is 0 Å². The van der Waals surface area contributed by atoms with Crippen molar-refractivity contribution in [3.63, 3.8) is 0 Å². The van der Waals surface area contributed by atoms with Crippen LogP contribution in [0.5, 0.6) is 0 Å². The Morgan fingerprint density at radius 1 is 0.520 bits per heavy atom. The van der Waals surface area contributed by atoms with Gasteiger partial charge < -0.3 is 0 Å². The second-order valence-corrected chi connectivity index (χ2v) is 6.16. The van der Waals surface area contributed by atoms with Crippen molar-refractivity contribution in [3.05, 3.63) is 103 Å². The first-order chi connectivity index (χ1) is 12.3. The van der Waals surface area contributed by atoms with Crippen LogP contribution in [-0.4, -0.2) is 4.98 Å². The normalized spacial score (nSPS) is 10.6. The van der Waals surface area contributed by atoms with Crippen LogP contribution in [-0.2, 0) is 0 Å². The minimum Gasteiger partial charge on any atom is -0.256 e. The van der Waals surface area contributed by atoms with Gasteiger partial charge in [-0.3, -0.25) is 4.98 Å². The van der Waals surface area contributed by atoms with Gasteiger partial charge >= 0.3 is 0 Å². The number of benzene rings is 3. The summed E-state index contributed by atoms with van der Waals surface area (Å²) >= 11 is 0. The van der Waals surface area contributed by atoms with Gasteiger partial charge in [0.05, 0.1) is 5.69 Å². The highest BCUT2D eigenvalue weighted by Gasteiger charge is 2.10. The van der Waals surface area contributed by atoms with E-state index in [0.717, 1.165) is 5.69 Å². The van der Waals surface area contributed by atoms with Gasteiger partial charge in [-0.2, -0.15) is 0 Å². The average Bonchev–Trinajstić information content (AvgIpc) is 2.69. The maximum atomic E-state index is 4.60. The highest BCUT2D eigenvalue weighted by molar-refractivity contribution is 5.83. The Morgan fingerprint density at radius 2 is 1.12 bits per heavy atom. The second kappa shape index (κ2) is 6.74. The smallest absolute Gasteiger partial charge is 0.0737 e. The van der Waals surface area contributed by atoms with Gasteiger partial charge in [-0.15, -0.1) is 0 Å². The summed E-state index contributed by atoms with van der Waals surface area (Å²) in [6, 6.07) is 31.8. The van der Waals surface area contributed by atoms with E-state index in [9.17, 15) is 0 Å². The summed E-state index contributed by atoms with van der Waals surface area (Å²) in [5.41, 5.74) is 8.30. The summed E-state index contributed by atoms with van der Waals surface area (Å²) in [5.74, 6) is 0. The van der Waals surface area contributed by atoms with Gasteiger partial charge in [0.25, 0.3) is 0 Å². The van der Waals surface area contributed by atoms with E-state index in [0.29, 0.717) is 0 Å². The van der Waals surface area contributed by atoms with Gasteiger partial charge in [0.1, 0.15) is 0 Å². The Morgan fingerprint density at radius 3 is 1.84 bits per heavy atom. The molecule has 120 valence electrons. The number of nitrogens with zero attached hydrogens (tertiary/aromatic N) is 1. The Kier molecular flexibility index (Phi) is 4.14. The molecule has 0 amide bonds. The minimum atomic E-state index is 1.05. The lowest BCUT2D eigenvalue weighted by Crippen LogP contribution is -1.90. The number of hydrogen-bond acceptors (Lipinski definition) is 1. The molecule has 0 N–H and O–H groups in total. The zero-order valence-corrected chi connectivity index (χ0v) is 14.2. The fourth-order valence-corrected chi connectivity index (χ4v) is 3.18. The van der Waals surface area contributed by atoms with E-state index in [1.54, 1.807) is 0 Å². The summed E-state index contributed by atoms with van der Waals surface area (Å²) in [5, 5.41) is 0. The zero-order valence-electron chi connectivity index (χ0n) is 14.2. The lowest BCUT2D eigenvalue weighted by molar-refractivity contribution is 1.27. The molecule has 0 aliphatic heterocycles. The first-order valence-electron chi connectivity index (χ1n) is 8.50. The van der Waals surface area contributed by atoms with Crippen LogP contribution in [0.1, 0.15) is 5.56 Å². The largest absolute Gasteiger partial charge is 0.256 e. The van der Waals surface area contributed by atoms with Gasteiger partial charge in [0.2, 0.25) is 0 Å². The Hall–Kier alpha value is -3.19. The number of aryl methyl sites for hydroxylation is 1. The summed E-state index contributed by atoms with van der Waals surface area (Å²) in [6.07, 6.45) is 1.86. The van der Waals surface area contributed by atoms with Gasteiger partial charge in [0, 0.05) is 11.8 Å². The van der Waals surface area contributed by atoms with Crippen molar-refractivity contribution in [2.45, 2.75) is 6.92 Å². The standard InChI is InChI=1S/C24H19N/c1-18-8-7-17-25-24(18)23-12-6-5-11-22(23)21-15-13-20(14-16-21)19-9-3-2-4-10-19/h2-17H,1H3. The molecule has 1 aromatic heterocycles. The SMILES string of the molecule is Cc1cccnc1-c1ccccc1-c1ccc(-c2ccccc2)cc1. The van der Waals surface area contributed by atoms with Gasteiger partial charge in [-0.05, 0) is 40.8 Å². The van der Waals surface area contributed by atoms with E-state index < -0.39 is 0 Å². The fourth-order valence-electron chi connectivity index (χ4n) is 3.18. The number of rotatable bonds is 3. The molecule has 0 saturated carbocycles. The maximum Gasteiger partial charge on any atom is 0.0737 e. The highest BCUT2D eigenvalue weighted by Crippen LogP contribution is 2.33. The van der Waals surface area contributed by atoms with Crippen LogP contribution >= 0.6 is 0 Å². The van der Waals surface area contributed by atoms with Crippen LogP contribution in [0.25, 0.3) is 33.5 Å². The highest BCUT2D eigenvalue weighted by atomic mass is 14.7. The third kappa shape index (κ3) is 3.09. The van der Waals surface area contributed by atoms with Crippen molar-refractivity contribution in [2.75, 3.05) is 0 Å². The van der Waals surface area contributed by atoms with Crippen molar-refractivity contribution in [3.8, 4) is 33.5 Å². The van der Waals surface area contributed by atoms with Crippen LogP contribution in [0.3, 0.4) is 0 Å². The summed E-state index contributed by atoms with van der Waals surface area (Å²) in [4.78, 5) is 4.60. The summed E-state index contributed by atoms with van der Waals surface area (Å²) < 4.78 is 0. The van der Waals surface area contributed by atoms with Gasteiger partial charge in [-0.1, -0.05) is 84.9 Å². The third-order valence-corrected chi connectivity index (χ3v) is 4.49. The molecule has 0 fully saturated rings. The molecule has 1 heteroatoms. The molecule has 0 aliphatic rings. The predicted octanol–water partition coefficient (Wildman–Crippen LogP) is 6.39. The molecule has 0 radical (unpaired) electrons. The van der Waals surface area contributed by atoms with E-state index in [-0.39, 0.29) is 0 Å². The van der Waals surface area contributed by atoms with Gasteiger partial charge in [-0.25, -0.2) is 0 Å². The van der Waals surface area contributed by atoms with Crippen LogP contribution in [0.15, 0.2) is 97.2 Å². The van der Waals surface area contributed by atoms with Crippen LogP contribution in [0.4, 0.5) is 0 Å². The Labute approximate surface area is 148 Å². The van der Waals surface area contributed by atoms with Crippen LogP contribution < -0.4 is 0 Å².